The molecule has 0 aromatic heterocycles. The molecule has 2 aromatic rings. The van der Waals surface area contributed by atoms with E-state index in [1.54, 1.807) is 16.7 Å². The number of carbonyl (C=O) groups is 2. The summed E-state index contributed by atoms with van der Waals surface area (Å²) in [5.74, 6) is -0.340. The fourth-order valence-corrected chi connectivity index (χ4v) is 3.55. The van der Waals surface area contributed by atoms with Gasteiger partial charge in [0.05, 0.1) is 11.6 Å². The summed E-state index contributed by atoms with van der Waals surface area (Å²) in [4.78, 5) is 27.6. The van der Waals surface area contributed by atoms with Crippen LogP contribution in [0.1, 0.15) is 17.5 Å². The lowest BCUT2D eigenvalue weighted by Gasteiger charge is -2.17. The van der Waals surface area contributed by atoms with Crippen molar-refractivity contribution in [1.29, 1.82) is 0 Å². The fraction of sp³-hybridized carbons (Fsp3) is 0.300. The molecule has 5 heteroatoms. The van der Waals surface area contributed by atoms with Gasteiger partial charge < -0.3 is 10.2 Å². The Bertz CT molecular complexity index is 774. The second kappa shape index (κ2) is 7.74. The van der Waals surface area contributed by atoms with Crippen molar-refractivity contribution < 1.29 is 9.59 Å². The number of likely N-dealkylation sites (tertiary alicyclic amines) is 1. The summed E-state index contributed by atoms with van der Waals surface area (Å²) in [5.41, 5.74) is 3.10. The van der Waals surface area contributed by atoms with Crippen molar-refractivity contribution >= 4 is 29.3 Å². The Hall–Kier alpha value is -2.27. The monoisotopic (exact) mass is 354 g/mol. The van der Waals surface area contributed by atoms with E-state index in [2.05, 4.69) is 5.32 Å². The van der Waals surface area contributed by atoms with E-state index < -0.39 is 0 Å². The van der Waals surface area contributed by atoms with Gasteiger partial charge in [0.2, 0.25) is 11.8 Å². The lowest BCUT2D eigenvalue weighted by molar-refractivity contribution is -0.128. The second-order valence-electron chi connectivity index (χ2n) is 6.35. The molecule has 1 heterocycles. The second-order valence-corrected chi connectivity index (χ2v) is 7.20. The average molecular weight is 354 g/mol. The zero-order chi connectivity index (χ0) is 17.8. The summed E-state index contributed by atoms with van der Waals surface area (Å²) in [7, 11) is 0. The van der Waals surface area contributed by atoms with Crippen LogP contribution in [0.3, 0.4) is 0 Å². The van der Waals surface area contributed by atoms with E-state index in [4.69, 9.17) is 0 Å². The number of benzene rings is 2. The number of hydrogen-bond acceptors (Lipinski definition) is 3. The van der Waals surface area contributed by atoms with Crippen molar-refractivity contribution in [2.75, 3.05) is 18.1 Å². The molecule has 0 aliphatic carbocycles. The molecule has 1 saturated heterocycles. The summed E-state index contributed by atoms with van der Waals surface area (Å²) in [6.07, 6.45) is 2.26. The zero-order valence-electron chi connectivity index (χ0n) is 14.5. The van der Waals surface area contributed by atoms with Crippen LogP contribution in [0.5, 0.6) is 0 Å². The number of amides is 2. The molecule has 25 heavy (non-hydrogen) atoms. The van der Waals surface area contributed by atoms with E-state index >= 15 is 0 Å². The highest BCUT2D eigenvalue weighted by Gasteiger charge is 2.34. The van der Waals surface area contributed by atoms with E-state index in [0.717, 1.165) is 16.1 Å². The number of carbonyl (C=O) groups excluding carboxylic acids is 2. The Morgan fingerprint density at radius 1 is 1.20 bits per heavy atom. The van der Waals surface area contributed by atoms with Crippen LogP contribution in [0.15, 0.2) is 53.4 Å². The SMILES string of the molecule is CSc1ccccc1NC(=O)C1CC(=O)N(Cc2ccc(C)cc2)C1. The van der Waals surface area contributed by atoms with Crippen LogP contribution in [0.4, 0.5) is 5.69 Å². The number of thioether (sulfide) groups is 1. The fourth-order valence-electron chi connectivity index (χ4n) is 3.00. The normalized spacial score (nSPS) is 17.0. The Balaban J connectivity index is 1.63. The highest BCUT2D eigenvalue weighted by atomic mass is 32.2. The number of para-hydroxylation sites is 1. The van der Waals surface area contributed by atoms with Gasteiger partial charge in [-0.3, -0.25) is 9.59 Å². The van der Waals surface area contributed by atoms with Crippen LogP contribution >= 0.6 is 11.8 Å². The van der Waals surface area contributed by atoms with E-state index in [1.165, 1.54) is 5.56 Å². The first-order valence-electron chi connectivity index (χ1n) is 8.34. The number of hydrogen-bond donors (Lipinski definition) is 1. The van der Waals surface area contributed by atoms with Gasteiger partial charge in [-0.15, -0.1) is 11.8 Å². The maximum Gasteiger partial charge on any atom is 0.229 e. The number of anilines is 1. The number of nitrogens with zero attached hydrogens (tertiary/aromatic N) is 1. The van der Waals surface area contributed by atoms with Crippen molar-refractivity contribution in [2.24, 2.45) is 5.92 Å². The number of rotatable bonds is 5. The lowest BCUT2D eigenvalue weighted by atomic mass is 10.1. The minimum absolute atomic E-state index is 0.0406. The van der Waals surface area contributed by atoms with Crippen LogP contribution in [-0.2, 0) is 16.1 Å². The Morgan fingerprint density at radius 2 is 1.92 bits per heavy atom. The van der Waals surface area contributed by atoms with Crippen LogP contribution in [-0.4, -0.2) is 29.5 Å². The summed E-state index contributed by atoms with van der Waals surface area (Å²) < 4.78 is 0. The first kappa shape index (κ1) is 17.5. The standard InChI is InChI=1S/C20H22N2O2S/c1-14-7-9-15(10-8-14)12-22-13-16(11-19(22)23)20(24)21-17-5-3-4-6-18(17)25-2/h3-10,16H,11-13H2,1-2H3,(H,21,24). The molecule has 0 bridgehead atoms. The van der Waals surface area contributed by atoms with Gasteiger partial charge in [-0.05, 0) is 30.9 Å². The van der Waals surface area contributed by atoms with Gasteiger partial charge >= 0.3 is 0 Å². The summed E-state index contributed by atoms with van der Waals surface area (Å²) in [5, 5.41) is 2.98. The highest BCUT2D eigenvalue weighted by Crippen LogP contribution is 2.27. The van der Waals surface area contributed by atoms with Gasteiger partial charge in [-0.25, -0.2) is 0 Å². The predicted octanol–water partition coefficient (Wildman–Crippen LogP) is 3.70. The van der Waals surface area contributed by atoms with Crippen molar-refractivity contribution in [2.45, 2.75) is 24.8 Å². The molecule has 1 atom stereocenters. The molecule has 0 radical (unpaired) electrons. The van der Waals surface area contributed by atoms with Gasteiger partial charge in [0.25, 0.3) is 0 Å². The summed E-state index contributed by atoms with van der Waals surface area (Å²) in [6, 6.07) is 15.9. The first-order valence-corrected chi connectivity index (χ1v) is 9.56. The number of aryl methyl sites for hydroxylation is 1. The molecule has 1 fully saturated rings. The smallest absolute Gasteiger partial charge is 0.229 e. The number of nitrogens with one attached hydrogen (secondary N) is 1. The van der Waals surface area contributed by atoms with Crippen LogP contribution in [0.25, 0.3) is 0 Å². The highest BCUT2D eigenvalue weighted by molar-refractivity contribution is 7.98. The molecule has 1 unspecified atom stereocenters. The van der Waals surface area contributed by atoms with Gasteiger partial charge in [0.15, 0.2) is 0 Å². The lowest BCUT2D eigenvalue weighted by Crippen LogP contribution is -2.28. The van der Waals surface area contributed by atoms with Gasteiger partial charge in [0, 0.05) is 24.4 Å². The van der Waals surface area contributed by atoms with Crippen molar-refractivity contribution in [3.63, 3.8) is 0 Å². The molecule has 1 aliphatic heterocycles. The largest absolute Gasteiger partial charge is 0.338 e. The first-order chi connectivity index (χ1) is 12.1. The van der Waals surface area contributed by atoms with Gasteiger partial charge in [-0.2, -0.15) is 0 Å². The van der Waals surface area contributed by atoms with E-state index in [1.807, 2.05) is 61.7 Å². The third kappa shape index (κ3) is 4.23. The summed E-state index contributed by atoms with van der Waals surface area (Å²) in [6.45, 7) is 3.07. The van der Waals surface area contributed by atoms with E-state index in [0.29, 0.717) is 13.1 Å². The molecule has 2 aromatic carbocycles. The third-order valence-corrected chi connectivity index (χ3v) is 5.24. The Morgan fingerprint density at radius 3 is 2.64 bits per heavy atom. The maximum atomic E-state index is 12.6. The molecular weight excluding hydrogens is 332 g/mol. The molecule has 3 rings (SSSR count). The summed E-state index contributed by atoms with van der Waals surface area (Å²) >= 11 is 1.59. The zero-order valence-corrected chi connectivity index (χ0v) is 15.3. The molecular formula is C20H22N2O2S. The topological polar surface area (TPSA) is 49.4 Å². The van der Waals surface area contributed by atoms with Gasteiger partial charge in [0.1, 0.15) is 0 Å². The predicted molar refractivity (Wildman–Crippen MR) is 102 cm³/mol. The molecule has 0 saturated carbocycles. The van der Waals surface area contributed by atoms with Crippen molar-refractivity contribution in [1.82, 2.24) is 4.90 Å². The Labute approximate surface area is 152 Å². The van der Waals surface area contributed by atoms with E-state index in [9.17, 15) is 9.59 Å². The van der Waals surface area contributed by atoms with Crippen LogP contribution in [0.2, 0.25) is 0 Å². The minimum atomic E-state index is -0.298. The van der Waals surface area contributed by atoms with E-state index in [-0.39, 0.29) is 24.2 Å². The Kier molecular flexibility index (Phi) is 5.43. The molecule has 1 N–H and O–H groups in total. The van der Waals surface area contributed by atoms with Crippen molar-refractivity contribution in [3.8, 4) is 0 Å². The maximum absolute atomic E-state index is 12.6. The quantitative estimate of drug-likeness (QED) is 0.833. The van der Waals surface area contributed by atoms with Crippen LogP contribution < -0.4 is 5.32 Å². The molecule has 4 nitrogen and oxygen atoms in total. The molecule has 130 valence electrons. The van der Waals surface area contributed by atoms with Crippen LogP contribution in [0, 0.1) is 12.8 Å². The third-order valence-electron chi connectivity index (χ3n) is 4.44. The molecule has 0 spiro atoms. The molecule has 1 aliphatic rings. The molecule has 2 amide bonds. The van der Waals surface area contributed by atoms with Gasteiger partial charge in [-0.1, -0.05) is 42.0 Å². The van der Waals surface area contributed by atoms with Crippen molar-refractivity contribution in [3.05, 3.63) is 59.7 Å². The average Bonchev–Trinajstić information content (AvgIpc) is 2.98. The minimum Gasteiger partial charge on any atom is -0.338 e.